The van der Waals surface area contributed by atoms with Gasteiger partial charge in [-0.2, -0.15) is 5.26 Å². The van der Waals surface area contributed by atoms with Crippen LogP contribution in [-0.4, -0.2) is 20.7 Å². The normalized spacial score (nSPS) is 11.7. The third-order valence-corrected chi connectivity index (χ3v) is 6.30. The number of benzene rings is 3. The predicted molar refractivity (Wildman–Crippen MR) is 132 cm³/mol. The van der Waals surface area contributed by atoms with Crippen LogP contribution in [0.25, 0.3) is 16.6 Å². The van der Waals surface area contributed by atoms with E-state index < -0.39 is 5.25 Å². The number of aryl methyl sites for hydroxylation is 1. The minimum atomic E-state index is -0.601. The van der Waals surface area contributed by atoms with Crippen molar-refractivity contribution in [1.82, 2.24) is 9.55 Å². The first-order valence-electron chi connectivity index (χ1n) is 10.1. The van der Waals surface area contributed by atoms with Crippen LogP contribution in [0.15, 0.2) is 76.7 Å². The summed E-state index contributed by atoms with van der Waals surface area (Å²) in [5, 5.41) is 12.7. The van der Waals surface area contributed by atoms with Crippen molar-refractivity contribution in [3.05, 3.63) is 93.2 Å². The Kier molecular flexibility index (Phi) is 6.50. The number of carbonyl (C=O) groups excluding carboxylic acids is 1. The lowest BCUT2D eigenvalue weighted by Crippen LogP contribution is -2.26. The molecule has 0 aliphatic rings. The Labute approximate surface area is 199 Å². The number of para-hydroxylation sites is 1. The average molecular weight is 475 g/mol. The quantitative estimate of drug-likeness (QED) is 0.311. The Morgan fingerprint density at radius 2 is 1.94 bits per heavy atom. The molecular weight excluding hydrogens is 456 g/mol. The highest BCUT2D eigenvalue weighted by Gasteiger charge is 2.21. The number of fused-ring (bicyclic) bond motifs is 1. The van der Waals surface area contributed by atoms with E-state index in [4.69, 9.17) is 11.6 Å². The summed E-state index contributed by atoms with van der Waals surface area (Å²) in [5.74, 6) is -0.307. The molecule has 0 bridgehead atoms. The van der Waals surface area contributed by atoms with Crippen molar-refractivity contribution in [3.63, 3.8) is 0 Å². The van der Waals surface area contributed by atoms with Gasteiger partial charge < -0.3 is 5.32 Å². The average Bonchev–Trinajstić information content (AvgIpc) is 2.79. The molecule has 1 atom stereocenters. The summed E-state index contributed by atoms with van der Waals surface area (Å²) >= 11 is 7.29. The maximum atomic E-state index is 13.4. The highest BCUT2D eigenvalue weighted by atomic mass is 35.5. The number of carbonyl (C=O) groups is 1. The van der Waals surface area contributed by atoms with Crippen LogP contribution in [0.4, 0.5) is 5.69 Å². The zero-order valence-electron chi connectivity index (χ0n) is 17.9. The summed E-state index contributed by atoms with van der Waals surface area (Å²) in [6, 6.07) is 21.3. The number of amides is 1. The fraction of sp³-hybridized carbons (Fsp3) is 0.120. The maximum absolute atomic E-state index is 13.4. The summed E-state index contributed by atoms with van der Waals surface area (Å²) in [6.45, 7) is 3.67. The van der Waals surface area contributed by atoms with E-state index in [1.165, 1.54) is 4.57 Å². The van der Waals surface area contributed by atoms with Crippen molar-refractivity contribution in [2.75, 3.05) is 5.32 Å². The SMILES string of the molecule is Cc1cccc(-n2c(SC(C)C(=O)Nc3ccccc3C#N)nc3cc(Cl)ccc3c2=O)c1. The standard InChI is InChI=1S/C25H19ClN4O2S/c1-15-6-5-8-19(12-15)30-24(32)20-11-10-18(26)13-22(20)29-25(30)33-16(2)23(31)28-21-9-4-3-7-17(21)14-27/h3-13,16H,1-2H3,(H,28,31). The minimum Gasteiger partial charge on any atom is -0.324 e. The molecule has 164 valence electrons. The van der Waals surface area contributed by atoms with E-state index >= 15 is 0 Å². The predicted octanol–water partition coefficient (Wildman–Crippen LogP) is 5.34. The van der Waals surface area contributed by atoms with Crippen molar-refractivity contribution >= 4 is 45.9 Å². The lowest BCUT2D eigenvalue weighted by molar-refractivity contribution is -0.115. The molecule has 1 unspecified atom stereocenters. The Balaban J connectivity index is 1.76. The van der Waals surface area contributed by atoms with Gasteiger partial charge in [0.2, 0.25) is 5.91 Å². The van der Waals surface area contributed by atoms with Crippen molar-refractivity contribution in [2.45, 2.75) is 24.3 Å². The molecule has 8 heteroatoms. The molecule has 0 aliphatic heterocycles. The zero-order chi connectivity index (χ0) is 23.5. The molecule has 1 N–H and O–H groups in total. The van der Waals surface area contributed by atoms with Gasteiger partial charge in [0.15, 0.2) is 5.16 Å². The molecule has 1 amide bonds. The van der Waals surface area contributed by atoms with Gasteiger partial charge in [-0.05, 0) is 61.9 Å². The second-order valence-corrected chi connectivity index (χ2v) is 9.19. The van der Waals surface area contributed by atoms with Crippen LogP contribution in [0.1, 0.15) is 18.1 Å². The molecule has 33 heavy (non-hydrogen) atoms. The molecule has 0 saturated carbocycles. The monoisotopic (exact) mass is 474 g/mol. The van der Waals surface area contributed by atoms with Crippen molar-refractivity contribution in [3.8, 4) is 11.8 Å². The maximum Gasteiger partial charge on any atom is 0.266 e. The molecule has 0 radical (unpaired) electrons. The number of aromatic nitrogens is 2. The second kappa shape index (κ2) is 9.49. The van der Waals surface area contributed by atoms with Crippen LogP contribution in [0, 0.1) is 18.3 Å². The topological polar surface area (TPSA) is 87.8 Å². The smallest absolute Gasteiger partial charge is 0.266 e. The molecule has 4 rings (SSSR count). The highest BCUT2D eigenvalue weighted by molar-refractivity contribution is 8.00. The molecular formula is C25H19ClN4O2S. The van der Waals surface area contributed by atoms with Crippen LogP contribution < -0.4 is 10.9 Å². The summed E-state index contributed by atoms with van der Waals surface area (Å²) < 4.78 is 1.51. The van der Waals surface area contributed by atoms with Gasteiger partial charge in [0.1, 0.15) is 6.07 Å². The number of nitrogens with zero attached hydrogens (tertiary/aromatic N) is 3. The molecule has 4 aromatic rings. The van der Waals surface area contributed by atoms with Crippen LogP contribution in [-0.2, 0) is 4.79 Å². The first-order chi connectivity index (χ1) is 15.9. The number of hydrogen-bond donors (Lipinski definition) is 1. The van der Waals surface area contributed by atoms with Gasteiger partial charge >= 0.3 is 0 Å². The summed E-state index contributed by atoms with van der Waals surface area (Å²) in [6.07, 6.45) is 0. The largest absolute Gasteiger partial charge is 0.324 e. The molecule has 6 nitrogen and oxygen atoms in total. The minimum absolute atomic E-state index is 0.243. The van der Waals surface area contributed by atoms with E-state index in [0.717, 1.165) is 17.3 Å². The number of nitriles is 1. The van der Waals surface area contributed by atoms with Crippen molar-refractivity contribution in [2.24, 2.45) is 0 Å². The van der Waals surface area contributed by atoms with Gasteiger partial charge in [0.25, 0.3) is 5.56 Å². The number of rotatable bonds is 5. The van der Waals surface area contributed by atoms with E-state index in [-0.39, 0.29) is 11.5 Å². The zero-order valence-corrected chi connectivity index (χ0v) is 19.4. The van der Waals surface area contributed by atoms with Crippen LogP contribution >= 0.6 is 23.4 Å². The van der Waals surface area contributed by atoms with Gasteiger partial charge in [-0.3, -0.25) is 14.2 Å². The van der Waals surface area contributed by atoms with Gasteiger partial charge in [-0.15, -0.1) is 0 Å². The van der Waals surface area contributed by atoms with E-state index in [0.29, 0.717) is 38.0 Å². The third kappa shape index (κ3) is 4.77. The molecule has 0 aliphatic carbocycles. The van der Waals surface area contributed by atoms with E-state index in [2.05, 4.69) is 16.4 Å². The number of halogens is 1. The van der Waals surface area contributed by atoms with E-state index in [1.54, 1.807) is 49.4 Å². The number of anilines is 1. The Morgan fingerprint density at radius 1 is 1.15 bits per heavy atom. The van der Waals surface area contributed by atoms with Gasteiger partial charge in [0.05, 0.1) is 33.1 Å². The second-order valence-electron chi connectivity index (χ2n) is 7.44. The van der Waals surface area contributed by atoms with Gasteiger partial charge in [-0.1, -0.05) is 47.6 Å². The van der Waals surface area contributed by atoms with Gasteiger partial charge in [-0.25, -0.2) is 4.98 Å². The molecule has 0 saturated heterocycles. The molecule has 3 aromatic carbocycles. The number of hydrogen-bond acceptors (Lipinski definition) is 5. The van der Waals surface area contributed by atoms with Crippen molar-refractivity contribution < 1.29 is 4.79 Å². The molecule has 1 heterocycles. The highest BCUT2D eigenvalue weighted by Crippen LogP contribution is 2.27. The number of nitrogens with one attached hydrogen (secondary N) is 1. The fourth-order valence-electron chi connectivity index (χ4n) is 3.35. The summed E-state index contributed by atoms with van der Waals surface area (Å²) in [7, 11) is 0. The number of thioether (sulfide) groups is 1. The lowest BCUT2D eigenvalue weighted by atomic mass is 10.2. The Bertz CT molecular complexity index is 1480. The molecule has 1 aromatic heterocycles. The van der Waals surface area contributed by atoms with Crippen molar-refractivity contribution in [1.29, 1.82) is 5.26 Å². The first kappa shape index (κ1) is 22.6. The lowest BCUT2D eigenvalue weighted by Gasteiger charge is -2.17. The van der Waals surface area contributed by atoms with Crippen LogP contribution in [0.2, 0.25) is 5.02 Å². The van der Waals surface area contributed by atoms with Crippen LogP contribution in [0.3, 0.4) is 0 Å². The fourth-order valence-corrected chi connectivity index (χ4v) is 4.44. The summed E-state index contributed by atoms with van der Waals surface area (Å²) in [4.78, 5) is 31.0. The van der Waals surface area contributed by atoms with E-state index in [1.807, 2.05) is 31.2 Å². The van der Waals surface area contributed by atoms with E-state index in [9.17, 15) is 14.9 Å². The molecule has 0 spiro atoms. The summed E-state index contributed by atoms with van der Waals surface area (Å²) in [5.41, 5.74) is 2.68. The first-order valence-corrected chi connectivity index (χ1v) is 11.4. The molecule has 0 fully saturated rings. The third-order valence-electron chi connectivity index (χ3n) is 5.02. The van der Waals surface area contributed by atoms with Crippen LogP contribution in [0.5, 0.6) is 0 Å². The van der Waals surface area contributed by atoms with Gasteiger partial charge in [0, 0.05) is 5.02 Å². The Hall–Kier alpha value is -3.60. The Morgan fingerprint density at radius 3 is 2.70 bits per heavy atom.